The Hall–Kier alpha value is -0.860. The molecule has 1 radical (unpaired) electrons. The van der Waals surface area contributed by atoms with Crippen LogP contribution in [0.1, 0.15) is 11.6 Å². The van der Waals surface area contributed by atoms with Crippen LogP contribution in [0.3, 0.4) is 0 Å². The zero-order chi connectivity index (χ0) is 9.84. The van der Waals surface area contributed by atoms with E-state index in [-0.39, 0.29) is 6.04 Å². The molecule has 0 bridgehead atoms. The number of halogens is 1. The summed E-state index contributed by atoms with van der Waals surface area (Å²) in [6.07, 6.45) is 1.95. The molecule has 0 aliphatic rings. The third-order valence-electron chi connectivity index (χ3n) is 1.83. The van der Waals surface area contributed by atoms with Crippen LogP contribution in [0.4, 0.5) is 0 Å². The minimum atomic E-state index is -0.381. The van der Waals surface area contributed by atoms with Gasteiger partial charge in [0.05, 0.1) is 0 Å². The Labute approximate surface area is 83.1 Å². The van der Waals surface area contributed by atoms with Crippen molar-refractivity contribution in [3.05, 3.63) is 34.9 Å². The van der Waals surface area contributed by atoms with Gasteiger partial charge in [0, 0.05) is 5.02 Å². The molecule has 2 nitrogen and oxygen atoms in total. The highest BCUT2D eigenvalue weighted by atomic mass is 35.5. The molecule has 13 heavy (non-hydrogen) atoms. The lowest BCUT2D eigenvalue weighted by Crippen LogP contribution is -2.21. The van der Waals surface area contributed by atoms with Crippen molar-refractivity contribution in [2.45, 2.75) is 6.04 Å². The van der Waals surface area contributed by atoms with Gasteiger partial charge in [-0.25, -0.2) is 0 Å². The van der Waals surface area contributed by atoms with Gasteiger partial charge >= 0.3 is 0 Å². The molecule has 0 aromatic heterocycles. The zero-order valence-electron chi connectivity index (χ0n) is 7.62. The summed E-state index contributed by atoms with van der Waals surface area (Å²) >= 11 is 5.94. The van der Waals surface area contributed by atoms with E-state index in [0.29, 0.717) is 5.02 Å². The zero-order valence-corrected chi connectivity index (χ0v) is 8.38. The maximum absolute atomic E-state index is 10.7. The lowest BCUT2D eigenvalue weighted by Gasteiger charge is -2.18. The molecule has 0 saturated heterocycles. The minimum Gasteiger partial charge on any atom is -0.296 e. The molecule has 0 spiro atoms. The second kappa shape index (κ2) is 4.40. The summed E-state index contributed by atoms with van der Waals surface area (Å²) in [6, 6.07) is 6.91. The van der Waals surface area contributed by atoms with E-state index in [1.807, 2.05) is 38.6 Å². The van der Waals surface area contributed by atoms with Crippen molar-refractivity contribution in [3.63, 3.8) is 0 Å². The van der Waals surface area contributed by atoms with Crippen LogP contribution in [0.15, 0.2) is 24.3 Å². The van der Waals surface area contributed by atoms with Crippen LogP contribution in [-0.2, 0) is 4.79 Å². The summed E-state index contributed by atoms with van der Waals surface area (Å²) in [5.74, 6) is 0. The fourth-order valence-electron chi connectivity index (χ4n) is 1.14. The fraction of sp³-hybridized carbons (Fsp3) is 0.300. The van der Waals surface area contributed by atoms with Gasteiger partial charge in [-0.2, -0.15) is 0 Å². The van der Waals surface area contributed by atoms with Crippen molar-refractivity contribution in [1.29, 1.82) is 0 Å². The van der Waals surface area contributed by atoms with Gasteiger partial charge in [0.25, 0.3) is 0 Å². The van der Waals surface area contributed by atoms with Gasteiger partial charge in [-0.3, -0.25) is 9.69 Å². The first-order chi connectivity index (χ1) is 6.16. The average Bonchev–Trinajstić information content (AvgIpc) is 2.09. The Morgan fingerprint density at radius 2 is 2.00 bits per heavy atom. The number of carbonyl (C=O) groups excluding carboxylic acids is 1. The van der Waals surface area contributed by atoms with Crippen LogP contribution in [0.25, 0.3) is 0 Å². The first kappa shape index (κ1) is 10.2. The second-order valence-corrected chi connectivity index (χ2v) is 3.41. The Kier molecular flexibility index (Phi) is 3.46. The molecule has 0 aliphatic carbocycles. The monoisotopic (exact) mass is 196 g/mol. The number of likely N-dealkylation sites (N-methyl/N-ethyl adjacent to an activating group) is 1. The predicted octanol–water partition coefficient (Wildman–Crippen LogP) is 2.05. The molecule has 0 heterocycles. The lowest BCUT2D eigenvalue weighted by molar-refractivity contribution is 0.355. The number of nitrogens with zero attached hydrogens (tertiary/aromatic N) is 1. The third kappa shape index (κ3) is 2.29. The summed E-state index contributed by atoms with van der Waals surface area (Å²) in [4.78, 5) is 12.4. The Morgan fingerprint density at radius 1 is 1.38 bits per heavy atom. The van der Waals surface area contributed by atoms with Gasteiger partial charge in [-0.15, -0.1) is 0 Å². The van der Waals surface area contributed by atoms with Gasteiger partial charge in [0.15, 0.2) is 0 Å². The summed E-state index contributed by atoms with van der Waals surface area (Å²) in [7, 11) is 3.64. The van der Waals surface area contributed by atoms with Crippen LogP contribution in [-0.4, -0.2) is 25.3 Å². The van der Waals surface area contributed by atoms with Crippen LogP contribution in [0.2, 0.25) is 5.02 Å². The summed E-state index contributed by atoms with van der Waals surface area (Å²) in [5.41, 5.74) is 0.796. The van der Waals surface area contributed by atoms with Gasteiger partial charge in [0.2, 0.25) is 6.29 Å². The van der Waals surface area contributed by atoms with E-state index in [1.165, 1.54) is 0 Å². The quantitative estimate of drug-likeness (QED) is 0.738. The van der Waals surface area contributed by atoms with Crippen molar-refractivity contribution in [1.82, 2.24) is 4.90 Å². The molecule has 69 valence electrons. The SMILES string of the molecule is CN(C)[C@@H]([C]=O)c1ccccc1Cl. The maximum Gasteiger partial charge on any atom is 0.222 e. The fourth-order valence-corrected chi connectivity index (χ4v) is 1.38. The second-order valence-electron chi connectivity index (χ2n) is 3.01. The largest absolute Gasteiger partial charge is 0.296 e. The maximum atomic E-state index is 10.7. The molecule has 0 saturated carbocycles. The summed E-state index contributed by atoms with van der Waals surface area (Å²) < 4.78 is 0. The topological polar surface area (TPSA) is 20.3 Å². The molecular formula is C10H11ClNO. The first-order valence-corrected chi connectivity index (χ1v) is 4.33. The molecule has 1 aromatic rings. The van der Waals surface area contributed by atoms with E-state index in [1.54, 1.807) is 11.0 Å². The molecular weight excluding hydrogens is 186 g/mol. The Morgan fingerprint density at radius 3 is 2.46 bits per heavy atom. The van der Waals surface area contributed by atoms with Crippen molar-refractivity contribution < 1.29 is 4.79 Å². The van der Waals surface area contributed by atoms with E-state index in [2.05, 4.69) is 0 Å². The number of benzene rings is 1. The third-order valence-corrected chi connectivity index (χ3v) is 2.17. The van der Waals surface area contributed by atoms with E-state index < -0.39 is 0 Å². The van der Waals surface area contributed by atoms with Crippen molar-refractivity contribution in [3.8, 4) is 0 Å². The van der Waals surface area contributed by atoms with E-state index in [9.17, 15) is 4.79 Å². The van der Waals surface area contributed by atoms with Crippen molar-refractivity contribution in [2.24, 2.45) is 0 Å². The van der Waals surface area contributed by atoms with E-state index in [0.717, 1.165) is 5.56 Å². The minimum absolute atomic E-state index is 0.381. The first-order valence-electron chi connectivity index (χ1n) is 3.95. The molecule has 1 atom stereocenters. The average molecular weight is 197 g/mol. The predicted molar refractivity (Wildman–Crippen MR) is 53.6 cm³/mol. The van der Waals surface area contributed by atoms with Gasteiger partial charge in [0.1, 0.15) is 6.04 Å². The molecule has 1 rings (SSSR count). The Bertz CT molecular complexity index is 299. The van der Waals surface area contributed by atoms with Crippen LogP contribution in [0, 0.1) is 0 Å². The molecule has 0 fully saturated rings. The van der Waals surface area contributed by atoms with Crippen LogP contribution >= 0.6 is 11.6 Å². The number of hydrogen-bond donors (Lipinski definition) is 0. The van der Waals surface area contributed by atoms with E-state index >= 15 is 0 Å². The highest BCUT2D eigenvalue weighted by Crippen LogP contribution is 2.23. The highest BCUT2D eigenvalue weighted by molar-refractivity contribution is 6.31. The molecule has 1 aromatic carbocycles. The summed E-state index contributed by atoms with van der Waals surface area (Å²) in [5, 5.41) is 0.601. The molecule has 0 aliphatic heterocycles. The number of rotatable bonds is 3. The lowest BCUT2D eigenvalue weighted by atomic mass is 10.1. The molecule has 0 unspecified atom stereocenters. The Balaban J connectivity index is 3.04. The van der Waals surface area contributed by atoms with Crippen molar-refractivity contribution >= 4 is 17.9 Å². The van der Waals surface area contributed by atoms with Crippen LogP contribution in [0.5, 0.6) is 0 Å². The standard InChI is InChI=1S/C10H11ClNO/c1-12(2)10(7-13)8-5-3-4-6-9(8)11/h3-6,10H,1-2H3/t10-/m0/s1. The van der Waals surface area contributed by atoms with Crippen molar-refractivity contribution in [2.75, 3.05) is 14.1 Å². The summed E-state index contributed by atoms with van der Waals surface area (Å²) in [6.45, 7) is 0. The molecule has 0 amide bonds. The van der Waals surface area contributed by atoms with E-state index in [4.69, 9.17) is 11.6 Å². The van der Waals surface area contributed by atoms with Gasteiger partial charge in [-0.05, 0) is 25.7 Å². The smallest absolute Gasteiger partial charge is 0.222 e. The van der Waals surface area contributed by atoms with Crippen LogP contribution < -0.4 is 0 Å². The van der Waals surface area contributed by atoms with Gasteiger partial charge in [-0.1, -0.05) is 29.8 Å². The normalized spacial score (nSPS) is 12.9. The highest BCUT2D eigenvalue weighted by Gasteiger charge is 2.15. The number of hydrogen-bond acceptors (Lipinski definition) is 2. The van der Waals surface area contributed by atoms with Gasteiger partial charge < -0.3 is 0 Å². The molecule has 0 N–H and O–H groups in total. The molecule has 3 heteroatoms.